The van der Waals surface area contributed by atoms with Gasteiger partial charge in [-0.2, -0.15) is 0 Å². The van der Waals surface area contributed by atoms with Gasteiger partial charge in [-0.15, -0.1) is 0 Å². The minimum Gasteiger partial charge on any atom is -0.394 e. The fraction of sp³-hybridized carbons (Fsp3) is 0.588. The van der Waals surface area contributed by atoms with Crippen molar-refractivity contribution in [3.8, 4) is 0 Å². The minimum absolute atomic E-state index is 0.192. The molecule has 2 atom stereocenters. The Balaban J connectivity index is 2.81. The topological polar surface area (TPSA) is 91.3 Å². The first-order valence-electron chi connectivity index (χ1n) is 8.17. The van der Waals surface area contributed by atoms with Crippen molar-refractivity contribution in [2.24, 2.45) is 0 Å². The highest BCUT2D eigenvalue weighted by Gasteiger charge is 2.24. The number of carbonyl (C=O) groups is 1. The normalized spacial score (nSPS) is 13.5. The zero-order chi connectivity index (χ0) is 19.7. The van der Waals surface area contributed by atoms with Crippen LogP contribution in [0.5, 0.6) is 0 Å². The number of rotatable bonds is 11. The molecule has 0 aliphatic rings. The van der Waals surface area contributed by atoms with Crippen molar-refractivity contribution in [1.29, 1.82) is 0 Å². The van der Waals surface area contributed by atoms with Crippen molar-refractivity contribution in [2.75, 3.05) is 39.2 Å². The van der Waals surface area contributed by atoms with Gasteiger partial charge in [-0.05, 0) is 31.5 Å². The smallest absolute Gasteiger partial charge is 0.244 e. The minimum atomic E-state index is -0.896. The Labute approximate surface area is 163 Å². The molecule has 7 nitrogen and oxygen atoms in total. The van der Waals surface area contributed by atoms with Gasteiger partial charge in [0.2, 0.25) is 5.91 Å². The number of hydrogen-bond acceptors (Lipinski definition) is 6. The summed E-state index contributed by atoms with van der Waals surface area (Å²) >= 11 is 11.9. The van der Waals surface area contributed by atoms with Crippen LogP contribution in [-0.4, -0.2) is 73.4 Å². The molecule has 9 heteroatoms. The average Bonchev–Trinajstić information content (AvgIpc) is 2.64. The van der Waals surface area contributed by atoms with E-state index in [4.69, 9.17) is 37.8 Å². The van der Waals surface area contributed by atoms with Crippen LogP contribution in [0.4, 0.5) is 5.69 Å². The highest BCUT2D eigenvalue weighted by atomic mass is 35.5. The van der Waals surface area contributed by atoms with Gasteiger partial charge >= 0.3 is 0 Å². The molecular weight excluding hydrogens is 383 g/mol. The third kappa shape index (κ3) is 7.26. The number of carbonyl (C=O) groups excluding carboxylic acids is 1. The van der Waals surface area contributed by atoms with Crippen LogP contribution in [0.15, 0.2) is 18.2 Å². The van der Waals surface area contributed by atoms with E-state index >= 15 is 0 Å². The molecule has 1 amide bonds. The molecule has 1 aromatic rings. The summed E-state index contributed by atoms with van der Waals surface area (Å²) < 4.78 is 10.3. The van der Waals surface area contributed by atoms with Crippen LogP contribution < -0.4 is 5.32 Å². The summed E-state index contributed by atoms with van der Waals surface area (Å²) in [6, 6.07) is 4.45. The van der Waals surface area contributed by atoms with Crippen molar-refractivity contribution < 1.29 is 24.5 Å². The maximum atomic E-state index is 12.8. The zero-order valence-corrected chi connectivity index (χ0v) is 16.6. The monoisotopic (exact) mass is 408 g/mol. The van der Waals surface area contributed by atoms with Crippen molar-refractivity contribution in [1.82, 2.24) is 4.90 Å². The molecular formula is C17H26Cl2N2O5. The molecule has 1 aromatic carbocycles. The van der Waals surface area contributed by atoms with Gasteiger partial charge in [-0.1, -0.05) is 23.2 Å². The van der Waals surface area contributed by atoms with Crippen LogP contribution >= 0.6 is 23.2 Å². The van der Waals surface area contributed by atoms with Crippen molar-refractivity contribution in [2.45, 2.75) is 31.8 Å². The van der Waals surface area contributed by atoms with Gasteiger partial charge in [0.1, 0.15) is 6.04 Å². The van der Waals surface area contributed by atoms with Crippen LogP contribution in [0.3, 0.4) is 0 Å². The summed E-state index contributed by atoms with van der Waals surface area (Å²) in [4.78, 5) is 14.3. The van der Waals surface area contributed by atoms with Crippen LogP contribution in [0, 0.1) is 0 Å². The van der Waals surface area contributed by atoms with Gasteiger partial charge in [0.25, 0.3) is 0 Å². The van der Waals surface area contributed by atoms with E-state index in [0.717, 1.165) is 0 Å². The summed E-state index contributed by atoms with van der Waals surface area (Å²) in [6.07, 6.45) is -1.25. The molecule has 0 saturated carbocycles. The first-order chi connectivity index (χ1) is 12.3. The number of nitrogens with one attached hydrogen (secondary N) is 1. The molecule has 148 valence electrons. The summed E-state index contributed by atoms with van der Waals surface area (Å²) in [5.74, 6) is -0.208. The third-order valence-electron chi connectivity index (χ3n) is 3.82. The van der Waals surface area contributed by atoms with E-state index in [1.54, 1.807) is 25.1 Å². The van der Waals surface area contributed by atoms with Crippen LogP contribution in [0.25, 0.3) is 0 Å². The van der Waals surface area contributed by atoms with Crippen LogP contribution in [0.2, 0.25) is 10.0 Å². The van der Waals surface area contributed by atoms with E-state index in [2.05, 4.69) is 5.32 Å². The van der Waals surface area contributed by atoms with E-state index in [0.29, 0.717) is 15.7 Å². The predicted octanol–water partition coefficient (Wildman–Crippen LogP) is 1.98. The Morgan fingerprint density at radius 1 is 1.27 bits per heavy atom. The van der Waals surface area contributed by atoms with Gasteiger partial charge in [0, 0.05) is 26.5 Å². The number of hydrogen-bond donors (Lipinski definition) is 3. The number of nitrogens with zero attached hydrogens (tertiary/aromatic N) is 1. The number of aliphatic hydroxyl groups excluding tert-OH is 2. The second kappa shape index (κ2) is 11.6. The number of anilines is 1. The van der Waals surface area contributed by atoms with Crippen molar-refractivity contribution >= 4 is 34.8 Å². The zero-order valence-electron chi connectivity index (χ0n) is 15.1. The fourth-order valence-corrected chi connectivity index (χ4v) is 2.58. The second-order valence-electron chi connectivity index (χ2n) is 5.81. The Bertz CT molecular complexity index is 572. The summed E-state index contributed by atoms with van der Waals surface area (Å²) in [5.41, 5.74) is 0.658. The van der Waals surface area contributed by atoms with E-state index < -0.39 is 18.4 Å². The number of ether oxygens (including phenoxy) is 2. The molecule has 1 rings (SSSR count). The van der Waals surface area contributed by atoms with Crippen LogP contribution in [-0.2, 0) is 14.3 Å². The molecule has 3 N–H and O–H groups in total. The largest absolute Gasteiger partial charge is 0.394 e. The molecule has 26 heavy (non-hydrogen) atoms. The molecule has 0 radical (unpaired) electrons. The van der Waals surface area contributed by atoms with Crippen molar-refractivity contribution in [3.63, 3.8) is 0 Å². The Hall–Kier alpha value is -1.09. The Morgan fingerprint density at radius 2 is 1.92 bits per heavy atom. The van der Waals surface area contributed by atoms with Gasteiger partial charge in [0.05, 0.1) is 29.3 Å². The standard InChI is InChI=1S/C17H26Cl2N2O5/c1-11(20-12-4-5-14(18)15(19)8-12)17(24)21(7-6-13(23)10-22)9-16(25-2)26-3/h4-5,8,11,13,16,20,22-23H,6-7,9-10H2,1-3H3. The molecule has 0 heterocycles. The average molecular weight is 409 g/mol. The van der Waals surface area contributed by atoms with Crippen molar-refractivity contribution in [3.05, 3.63) is 28.2 Å². The first-order valence-corrected chi connectivity index (χ1v) is 8.92. The number of benzene rings is 1. The predicted molar refractivity (Wildman–Crippen MR) is 102 cm³/mol. The van der Waals surface area contributed by atoms with E-state index in [9.17, 15) is 9.90 Å². The lowest BCUT2D eigenvalue weighted by molar-refractivity contribution is -0.146. The van der Waals surface area contributed by atoms with Gasteiger partial charge < -0.3 is 29.9 Å². The highest BCUT2D eigenvalue weighted by Crippen LogP contribution is 2.25. The molecule has 2 unspecified atom stereocenters. The molecule has 0 aliphatic carbocycles. The summed E-state index contributed by atoms with van der Waals surface area (Å²) in [5, 5.41) is 22.4. The molecule has 0 fully saturated rings. The SMILES string of the molecule is COC(CN(CCC(O)CO)C(=O)C(C)Nc1ccc(Cl)c(Cl)c1)OC. The highest BCUT2D eigenvalue weighted by molar-refractivity contribution is 6.42. The van der Waals surface area contributed by atoms with E-state index in [1.165, 1.54) is 19.1 Å². The lowest BCUT2D eigenvalue weighted by Gasteiger charge is -2.29. The van der Waals surface area contributed by atoms with Gasteiger partial charge in [-0.3, -0.25) is 4.79 Å². The molecule has 0 spiro atoms. The maximum Gasteiger partial charge on any atom is 0.244 e. The quantitative estimate of drug-likeness (QED) is 0.485. The first kappa shape index (κ1) is 23.0. The number of halogens is 2. The Kier molecular flexibility index (Phi) is 10.2. The van der Waals surface area contributed by atoms with Gasteiger partial charge in [0.15, 0.2) is 6.29 Å². The van der Waals surface area contributed by atoms with Gasteiger partial charge in [-0.25, -0.2) is 0 Å². The third-order valence-corrected chi connectivity index (χ3v) is 4.56. The number of amides is 1. The summed E-state index contributed by atoms with van der Waals surface area (Å²) in [6.45, 7) is 1.79. The molecule has 0 aromatic heterocycles. The lowest BCUT2D eigenvalue weighted by Crippen LogP contribution is -2.46. The van der Waals surface area contributed by atoms with E-state index in [-0.39, 0.29) is 32.0 Å². The Morgan fingerprint density at radius 3 is 2.46 bits per heavy atom. The second-order valence-corrected chi connectivity index (χ2v) is 6.62. The van der Waals surface area contributed by atoms with Crippen LogP contribution in [0.1, 0.15) is 13.3 Å². The van der Waals surface area contributed by atoms with E-state index in [1.807, 2.05) is 0 Å². The fourth-order valence-electron chi connectivity index (χ4n) is 2.28. The summed E-state index contributed by atoms with van der Waals surface area (Å²) in [7, 11) is 2.97. The molecule has 0 saturated heterocycles. The molecule has 0 bridgehead atoms. The number of methoxy groups -OCH3 is 2. The number of aliphatic hydroxyl groups is 2. The maximum absolute atomic E-state index is 12.8. The molecule has 0 aliphatic heterocycles. The lowest BCUT2D eigenvalue weighted by atomic mass is 10.2.